The summed E-state index contributed by atoms with van der Waals surface area (Å²) in [5, 5.41) is 11.5. The first-order chi connectivity index (χ1) is 10.2. The van der Waals surface area contributed by atoms with Gasteiger partial charge in [-0.1, -0.05) is 30.3 Å². The third kappa shape index (κ3) is 4.29. The number of carbonyl (C=O) groups is 2. The van der Waals surface area contributed by atoms with Gasteiger partial charge in [0.15, 0.2) is 0 Å². The van der Waals surface area contributed by atoms with Crippen LogP contribution in [0.15, 0.2) is 30.3 Å². The lowest BCUT2D eigenvalue weighted by atomic mass is 10.1. The Bertz CT molecular complexity index is 476. The topological polar surface area (TPSA) is 69.6 Å². The van der Waals surface area contributed by atoms with Crippen LogP contribution in [0, 0.1) is 0 Å². The molecule has 1 aliphatic rings. The summed E-state index contributed by atoms with van der Waals surface area (Å²) >= 11 is 0. The molecule has 5 nitrogen and oxygen atoms in total. The highest BCUT2D eigenvalue weighted by atomic mass is 16.3. The zero-order chi connectivity index (χ0) is 15.1. The lowest BCUT2D eigenvalue weighted by Crippen LogP contribution is -2.46. The van der Waals surface area contributed by atoms with Crippen LogP contribution in [-0.4, -0.2) is 47.6 Å². The molecule has 114 valence electrons. The Morgan fingerprint density at radius 3 is 2.76 bits per heavy atom. The first-order valence-corrected chi connectivity index (χ1v) is 7.44. The van der Waals surface area contributed by atoms with E-state index in [1.54, 1.807) is 4.90 Å². The van der Waals surface area contributed by atoms with Gasteiger partial charge in [-0.3, -0.25) is 9.59 Å². The highest BCUT2D eigenvalue weighted by Gasteiger charge is 2.33. The van der Waals surface area contributed by atoms with E-state index in [2.05, 4.69) is 5.32 Å². The Balaban J connectivity index is 1.91. The van der Waals surface area contributed by atoms with Gasteiger partial charge in [0.1, 0.15) is 6.04 Å². The van der Waals surface area contributed by atoms with Crippen LogP contribution in [0.3, 0.4) is 0 Å². The number of hydrogen-bond acceptors (Lipinski definition) is 3. The molecule has 1 aromatic carbocycles. The van der Waals surface area contributed by atoms with Crippen molar-refractivity contribution in [3.63, 3.8) is 0 Å². The molecule has 0 aromatic heterocycles. The monoisotopic (exact) mass is 290 g/mol. The van der Waals surface area contributed by atoms with E-state index in [1.807, 2.05) is 30.3 Å². The normalized spacial score (nSPS) is 17.8. The Labute approximate surface area is 125 Å². The molecule has 5 heteroatoms. The maximum absolute atomic E-state index is 12.4. The van der Waals surface area contributed by atoms with E-state index in [-0.39, 0.29) is 24.5 Å². The van der Waals surface area contributed by atoms with Crippen molar-refractivity contribution < 1.29 is 14.7 Å². The fourth-order valence-corrected chi connectivity index (χ4v) is 2.62. The van der Waals surface area contributed by atoms with Crippen molar-refractivity contribution in [2.45, 2.75) is 31.7 Å². The number of carbonyl (C=O) groups excluding carboxylic acids is 2. The number of hydrogen-bond donors (Lipinski definition) is 2. The zero-order valence-electron chi connectivity index (χ0n) is 12.1. The summed E-state index contributed by atoms with van der Waals surface area (Å²) in [5.74, 6) is -0.108. The molecule has 1 fully saturated rings. The van der Waals surface area contributed by atoms with Crippen molar-refractivity contribution in [1.29, 1.82) is 0 Å². The van der Waals surface area contributed by atoms with E-state index < -0.39 is 0 Å². The number of aliphatic hydroxyl groups is 1. The van der Waals surface area contributed by atoms with Gasteiger partial charge in [0.05, 0.1) is 6.42 Å². The van der Waals surface area contributed by atoms with Gasteiger partial charge in [0.2, 0.25) is 11.8 Å². The number of rotatable bonds is 6. The second-order valence-electron chi connectivity index (χ2n) is 5.28. The summed E-state index contributed by atoms with van der Waals surface area (Å²) in [5.41, 5.74) is 0.967. The summed E-state index contributed by atoms with van der Waals surface area (Å²) < 4.78 is 0. The lowest BCUT2D eigenvalue weighted by molar-refractivity contribution is -0.137. The predicted octanol–water partition coefficient (Wildman–Crippen LogP) is 0.719. The molecule has 0 radical (unpaired) electrons. The van der Waals surface area contributed by atoms with E-state index in [0.717, 1.165) is 12.0 Å². The standard InChI is InChI=1S/C16H22N2O3/c19-11-5-9-17-16(21)14-8-4-10-18(14)15(20)12-13-6-2-1-3-7-13/h1-3,6-7,14,19H,4-5,8-12H2,(H,17,21). The second-order valence-corrected chi connectivity index (χ2v) is 5.28. The van der Waals surface area contributed by atoms with E-state index in [0.29, 0.717) is 32.4 Å². The Morgan fingerprint density at radius 2 is 2.05 bits per heavy atom. The zero-order valence-corrected chi connectivity index (χ0v) is 12.1. The van der Waals surface area contributed by atoms with Gasteiger partial charge in [-0.2, -0.15) is 0 Å². The van der Waals surface area contributed by atoms with Crippen molar-refractivity contribution in [2.75, 3.05) is 19.7 Å². The van der Waals surface area contributed by atoms with Crippen LogP contribution < -0.4 is 5.32 Å². The fraction of sp³-hybridized carbons (Fsp3) is 0.500. The second kappa shape index (κ2) is 7.78. The number of likely N-dealkylation sites (tertiary alicyclic amines) is 1. The van der Waals surface area contributed by atoms with Crippen LogP contribution in [0.2, 0.25) is 0 Å². The van der Waals surface area contributed by atoms with Gasteiger partial charge < -0.3 is 15.3 Å². The van der Waals surface area contributed by atoms with Crippen molar-refractivity contribution >= 4 is 11.8 Å². The van der Waals surface area contributed by atoms with Crippen LogP contribution in [0.4, 0.5) is 0 Å². The first kappa shape index (κ1) is 15.5. The SMILES string of the molecule is O=C(NCCCO)C1CCCN1C(=O)Cc1ccccc1. The maximum Gasteiger partial charge on any atom is 0.242 e. The first-order valence-electron chi connectivity index (χ1n) is 7.44. The van der Waals surface area contributed by atoms with E-state index >= 15 is 0 Å². The maximum atomic E-state index is 12.4. The minimum Gasteiger partial charge on any atom is -0.396 e. The highest BCUT2D eigenvalue weighted by molar-refractivity contribution is 5.89. The van der Waals surface area contributed by atoms with Gasteiger partial charge in [0, 0.05) is 19.7 Å². The molecule has 0 spiro atoms. The molecule has 0 bridgehead atoms. The average Bonchev–Trinajstić information content (AvgIpc) is 2.98. The van der Waals surface area contributed by atoms with Gasteiger partial charge in [-0.25, -0.2) is 0 Å². The van der Waals surface area contributed by atoms with E-state index in [9.17, 15) is 9.59 Å². The van der Waals surface area contributed by atoms with Crippen LogP contribution >= 0.6 is 0 Å². The number of benzene rings is 1. The number of nitrogens with one attached hydrogen (secondary N) is 1. The fourth-order valence-electron chi connectivity index (χ4n) is 2.62. The van der Waals surface area contributed by atoms with Crippen molar-refractivity contribution in [2.24, 2.45) is 0 Å². The molecule has 1 aliphatic heterocycles. The third-order valence-electron chi connectivity index (χ3n) is 3.71. The molecular formula is C16H22N2O3. The van der Waals surface area contributed by atoms with Crippen LogP contribution in [0.25, 0.3) is 0 Å². The molecule has 0 aliphatic carbocycles. The molecule has 1 heterocycles. The third-order valence-corrected chi connectivity index (χ3v) is 3.71. The minimum absolute atomic E-state index is 0.000934. The molecule has 2 N–H and O–H groups in total. The van der Waals surface area contributed by atoms with Gasteiger partial charge in [-0.15, -0.1) is 0 Å². The van der Waals surface area contributed by atoms with Crippen molar-refractivity contribution in [3.8, 4) is 0 Å². The van der Waals surface area contributed by atoms with Gasteiger partial charge in [0.25, 0.3) is 0 Å². The average molecular weight is 290 g/mol. The van der Waals surface area contributed by atoms with Gasteiger partial charge in [-0.05, 0) is 24.8 Å². The molecule has 1 aromatic rings. The molecule has 1 atom stereocenters. The van der Waals surface area contributed by atoms with E-state index in [4.69, 9.17) is 5.11 Å². The molecule has 1 unspecified atom stereocenters. The quantitative estimate of drug-likeness (QED) is 0.758. The number of amides is 2. The van der Waals surface area contributed by atoms with Crippen LogP contribution in [0.5, 0.6) is 0 Å². The highest BCUT2D eigenvalue weighted by Crippen LogP contribution is 2.19. The minimum atomic E-state index is -0.361. The summed E-state index contributed by atoms with van der Waals surface area (Å²) in [6, 6.07) is 9.22. The molecule has 0 saturated carbocycles. The lowest BCUT2D eigenvalue weighted by Gasteiger charge is -2.24. The molecule has 2 amide bonds. The summed E-state index contributed by atoms with van der Waals surface area (Å²) in [6.07, 6.45) is 2.45. The molecule has 2 rings (SSSR count). The largest absolute Gasteiger partial charge is 0.396 e. The predicted molar refractivity (Wildman–Crippen MR) is 79.6 cm³/mol. The number of aliphatic hydroxyl groups excluding tert-OH is 1. The van der Waals surface area contributed by atoms with E-state index in [1.165, 1.54) is 0 Å². The number of nitrogens with zero attached hydrogens (tertiary/aromatic N) is 1. The Kier molecular flexibility index (Phi) is 5.75. The Hall–Kier alpha value is -1.88. The molecule has 21 heavy (non-hydrogen) atoms. The van der Waals surface area contributed by atoms with Crippen LogP contribution in [-0.2, 0) is 16.0 Å². The summed E-state index contributed by atoms with van der Waals surface area (Å²) in [4.78, 5) is 26.1. The summed E-state index contributed by atoms with van der Waals surface area (Å²) in [7, 11) is 0. The van der Waals surface area contributed by atoms with Gasteiger partial charge >= 0.3 is 0 Å². The smallest absolute Gasteiger partial charge is 0.242 e. The molecular weight excluding hydrogens is 268 g/mol. The van der Waals surface area contributed by atoms with Crippen molar-refractivity contribution in [1.82, 2.24) is 10.2 Å². The summed E-state index contributed by atoms with van der Waals surface area (Å²) in [6.45, 7) is 1.15. The Morgan fingerprint density at radius 1 is 1.29 bits per heavy atom. The van der Waals surface area contributed by atoms with Crippen LogP contribution in [0.1, 0.15) is 24.8 Å². The molecule has 1 saturated heterocycles. The van der Waals surface area contributed by atoms with Crippen molar-refractivity contribution in [3.05, 3.63) is 35.9 Å².